The Balaban J connectivity index is 2.63. The fourth-order valence-corrected chi connectivity index (χ4v) is 1.13. The number of hydrogen-bond acceptors (Lipinski definition) is 8. The van der Waals surface area contributed by atoms with Crippen molar-refractivity contribution in [1.29, 1.82) is 0 Å². The van der Waals surface area contributed by atoms with E-state index in [2.05, 4.69) is 30.3 Å². The molecule has 0 spiro atoms. The van der Waals surface area contributed by atoms with E-state index in [1.165, 1.54) is 0 Å². The number of nitrogens with two attached hydrogens (primary N) is 1. The number of primary amides is 1. The molecule has 19 heavy (non-hydrogen) atoms. The van der Waals surface area contributed by atoms with Gasteiger partial charge in [0.15, 0.2) is 0 Å². The van der Waals surface area contributed by atoms with E-state index in [4.69, 9.17) is 10.5 Å². The summed E-state index contributed by atoms with van der Waals surface area (Å²) in [5.74, 6) is 0.701. The first kappa shape index (κ1) is 14.7. The first-order valence-corrected chi connectivity index (χ1v) is 5.78. The smallest absolute Gasteiger partial charge is 0.404 e. The summed E-state index contributed by atoms with van der Waals surface area (Å²) in [6, 6.07) is 0.215. The molecule has 0 saturated heterocycles. The maximum atomic E-state index is 10.4. The standard InChI is InChI=1S/C10H18N6O3/c1-6(2)19-10-15-8(12-3)14-9(16-10)13-4-5-18-7(11)17/h6H,4-5H2,1-3H3,(H2,11,17)(H2,12,13,14,15,16). The van der Waals surface area contributed by atoms with Gasteiger partial charge in [-0.3, -0.25) is 0 Å². The average molecular weight is 270 g/mol. The predicted octanol–water partition coefficient (Wildman–Crippen LogP) is 0.208. The van der Waals surface area contributed by atoms with Crippen molar-refractivity contribution in [3.63, 3.8) is 0 Å². The van der Waals surface area contributed by atoms with Crippen LogP contribution in [-0.4, -0.2) is 47.3 Å². The fraction of sp³-hybridized carbons (Fsp3) is 0.600. The number of ether oxygens (including phenoxy) is 2. The van der Waals surface area contributed by atoms with Gasteiger partial charge in [-0.15, -0.1) is 0 Å². The second-order valence-electron chi connectivity index (χ2n) is 3.78. The molecule has 0 radical (unpaired) electrons. The third-order valence-electron chi connectivity index (χ3n) is 1.81. The highest BCUT2D eigenvalue weighted by molar-refractivity contribution is 5.64. The number of rotatable bonds is 7. The molecular formula is C10H18N6O3. The minimum absolute atomic E-state index is 0.0434. The lowest BCUT2D eigenvalue weighted by Gasteiger charge is -2.11. The maximum absolute atomic E-state index is 10.4. The Hall–Kier alpha value is -2.32. The number of carbonyl (C=O) groups excluding carboxylic acids is 1. The lowest BCUT2D eigenvalue weighted by atomic mass is 10.5. The topological polar surface area (TPSA) is 124 Å². The minimum Gasteiger partial charge on any atom is -0.461 e. The van der Waals surface area contributed by atoms with E-state index in [-0.39, 0.29) is 18.7 Å². The van der Waals surface area contributed by atoms with Crippen LogP contribution < -0.4 is 21.1 Å². The van der Waals surface area contributed by atoms with E-state index in [1.54, 1.807) is 7.05 Å². The lowest BCUT2D eigenvalue weighted by Crippen LogP contribution is -2.19. The van der Waals surface area contributed by atoms with Gasteiger partial charge in [-0.2, -0.15) is 15.0 Å². The number of nitrogens with zero attached hydrogens (tertiary/aromatic N) is 3. The van der Waals surface area contributed by atoms with Crippen molar-refractivity contribution < 1.29 is 14.3 Å². The normalized spacial score (nSPS) is 10.1. The van der Waals surface area contributed by atoms with Crippen molar-refractivity contribution in [2.45, 2.75) is 20.0 Å². The zero-order valence-electron chi connectivity index (χ0n) is 11.1. The van der Waals surface area contributed by atoms with Gasteiger partial charge in [0.1, 0.15) is 6.61 Å². The van der Waals surface area contributed by atoms with Gasteiger partial charge >= 0.3 is 12.1 Å². The van der Waals surface area contributed by atoms with E-state index in [1.807, 2.05) is 13.8 Å². The molecular weight excluding hydrogens is 252 g/mol. The molecule has 0 aromatic carbocycles. The third kappa shape index (κ3) is 5.70. The van der Waals surface area contributed by atoms with Crippen LogP contribution in [0.15, 0.2) is 0 Å². The zero-order valence-corrected chi connectivity index (χ0v) is 11.1. The number of amides is 1. The van der Waals surface area contributed by atoms with Crippen molar-refractivity contribution in [1.82, 2.24) is 15.0 Å². The molecule has 4 N–H and O–H groups in total. The van der Waals surface area contributed by atoms with E-state index < -0.39 is 6.09 Å². The van der Waals surface area contributed by atoms with E-state index >= 15 is 0 Å². The molecule has 0 saturated carbocycles. The van der Waals surface area contributed by atoms with Crippen LogP contribution in [0.2, 0.25) is 0 Å². The Bertz CT molecular complexity index is 426. The summed E-state index contributed by atoms with van der Waals surface area (Å²) in [5.41, 5.74) is 4.84. The SMILES string of the molecule is CNc1nc(NCCOC(N)=O)nc(OC(C)C)n1. The summed E-state index contributed by atoms with van der Waals surface area (Å²) < 4.78 is 9.97. The molecule has 0 aliphatic heterocycles. The molecule has 0 aliphatic carbocycles. The first-order valence-electron chi connectivity index (χ1n) is 5.78. The molecule has 1 aromatic heterocycles. The summed E-state index contributed by atoms with van der Waals surface area (Å²) in [6.07, 6.45) is -0.865. The van der Waals surface area contributed by atoms with E-state index in [9.17, 15) is 4.79 Å². The second kappa shape index (κ2) is 7.19. The van der Waals surface area contributed by atoms with Crippen molar-refractivity contribution in [2.75, 3.05) is 30.8 Å². The largest absolute Gasteiger partial charge is 0.461 e. The molecule has 9 nitrogen and oxygen atoms in total. The monoisotopic (exact) mass is 270 g/mol. The Morgan fingerprint density at radius 2 is 2.00 bits per heavy atom. The van der Waals surface area contributed by atoms with Gasteiger partial charge in [0, 0.05) is 7.05 Å². The van der Waals surface area contributed by atoms with Crippen LogP contribution in [0.1, 0.15) is 13.8 Å². The van der Waals surface area contributed by atoms with Crippen molar-refractivity contribution in [2.24, 2.45) is 5.73 Å². The maximum Gasteiger partial charge on any atom is 0.404 e. The van der Waals surface area contributed by atoms with Gasteiger partial charge in [0.25, 0.3) is 0 Å². The van der Waals surface area contributed by atoms with E-state index in [0.717, 1.165) is 0 Å². The highest BCUT2D eigenvalue weighted by Gasteiger charge is 2.08. The summed E-state index contributed by atoms with van der Waals surface area (Å²) in [7, 11) is 1.69. The van der Waals surface area contributed by atoms with Crippen molar-refractivity contribution >= 4 is 18.0 Å². The van der Waals surface area contributed by atoms with Gasteiger partial charge in [-0.1, -0.05) is 0 Å². The number of carbonyl (C=O) groups is 1. The summed E-state index contributed by atoms with van der Waals surface area (Å²) >= 11 is 0. The predicted molar refractivity (Wildman–Crippen MR) is 69.2 cm³/mol. The summed E-state index contributed by atoms with van der Waals surface area (Å²) in [5, 5.41) is 5.68. The molecule has 1 rings (SSSR count). The Morgan fingerprint density at radius 1 is 1.32 bits per heavy atom. The lowest BCUT2D eigenvalue weighted by molar-refractivity contribution is 0.161. The Labute approximate surface area is 110 Å². The van der Waals surface area contributed by atoms with Crippen LogP contribution in [0.4, 0.5) is 16.7 Å². The Morgan fingerprint density at radius 3 is 2.58 bits per heavy atom. The molecule has 1 heterocycles. The van der Waals surface area contributed by atoms with Crippen LogP contribution in [0.5, 0.6) is 6.01 Å². The van der Waals surface area contributed by atoms with Crippen LogP contribution in [0, 0.1) is 0 Å². The molecule has 9 heteroatoms. The van der Waals surface area contributed by atoms with Crippen LogP contribution in [0.3, 0.4) is 0 Å². The Kier molecular flexibility index (Phi) is 5.58. The molecule has 0 atom stereocenters. The molecule has 0 fully saturated rings. The first-order chi connectivity index (χ1) is 9.01. The summed E-state index contributed by atoms with van der Waals surface area (Å²) in [4.78, 5) is 22.6. The van der Waals surface area contributed by atoms with E-state index in [0.29, 0.717) is 18.4 Å². The minimum atomic E-state index is -0.822. The molecule has 1 aromatic rings. The van der Waals surface area contributed by atoms with Gasteiger partial charge in [-0.25, -0.2) is 4.79 Å². The number of nitrogens with one attached hydrogen (secondary N) is 2. The third-order valence-corrected chi connectivity index (χ3v) is 1.81. The zero-order chi connectivity index (χ0) is 14.3. The van der Waals surface area contributed by atoms with Crippen molar-refractivity contribution in [3.8, 4) is 6.01 Å². The number of anilines is 2. The molecule has 106 valence electrons. The molecule has 0 aliphatic rings. The van der Waals surface area contributed by atoms with Gasteiger partial charge < -0.3 is 25.8 Å². The molecule has 0 bridgehead atoms. The van der Waals surface area contributed by atoms with Gasteiger partial charge in [0.05, 0.1) is 12.6 Å². The number of hydrogen-bond donors (Lipinski definition) is 3. The van der Waals surface area contributed by atoms with Gasteiger partial charge in [-0.05, 0) is 13.8 Å². The van der Waals surface area contributed by atoms with Crippen LogP contribution in [0.25, 0.3) is 0 Å². The van der Waals surface area contributed by atoms with Crippen LogP contribution >= 0.6 is 0 Å². The average Bonchev–Trinajstić information content (AvgIpc) is 2.33. The molecule has 1 amide bonds. The second-order valence-corrected chi connectivity index (χ2v) is 3.78. The summed E-state index contributed by atoms with van der Waals surface area (Å²) in [6.45, 7) is 4.20. The van der Waals surface area contributed by atoms with Crippen molar-refractivity contribution in [3.05, 3.63) is 0 Å². The molecule has 0 unspecified atom stereocenters. The number of aromatic nitrogens is 3. The highest BCUT2D eigenvalue weighted by Crippen LogP contribution is 2.11. The fourth-order valence-electron chi connectivity index (χ4n) is 1.13. The quantitative estimate of drug-likeness (QED) is 0.600. The highest BCUT2D eigenvalue weighted by atomic mass is 16.5. The van der Waals surface area contributed by atoms with Gasteiger partial charge in [0.2, 0.25) is 11.9 Å². The van der Waals surface area contributed by atoms with Crippen LogP contribution in [-0.2, 0) is 4.74 Å².